The predicted molar refractivity (Wildman–Crippen MR) is 102 cm³/mol. The standard InChI is InChI=1S/C23H34O/c1-6-7-11-20(24)18-10-8-9-16-14-17-15-22(2,3)13-12-19(17)23(4,5)21(16)18/h7,11,14-15,18-19,21H,6,8-10,12-13H2,1-5H3/b11-7+. The van der Waals surface area contributed by atoms with Gasteiger partial charge in [0.1, 0.15) is 0 Å². The average Bonchev–Trinajstić information content (AvgIpc) is 2.50. The summed E-state index contributed by atoms with van der Waals surface area (Å²) < 4.78 is 0. The summed E-state index contributed by atoms with van der Waals surface area (Å²) in [5.41, 5.74) is 3.61. The van der Waals surface area contributed by atoms with Gasteiger partial charge in [0.25, 0.3) is 0 Å². The summed E-state index contributed by atoms with van der Waals surface area (Å²) in [5, 5.41) is 0. The molecule has 0 spiro atoms. The molecular formula is C23H34O. The van der Waals surface area contributed by atoms with Crippen molar-refractivity contribution in [1.29, 1.82) is 0 Å². The third-order valence-electron chi connectivity index (χ3n) is 6.75. The van der Waals surface area contributed by atoms with Crippen LogP contribution in [0.5, 0.6) is 0 Å². The first-order valence-electron chi connectivity index (χ1n) is 9.90. The van der Waals surface area contributed by atoms with Gasteiger partial charge >= 0.3 is 0 Å². The molecule has 0 radical (unpaired) electrons. The van der Waals surface area contributed by atoms with Gasteiger partial charge in [-0.15, -0.1) is 0 Å². The van der Waals surface area contributed by atoms with Crippen molar-refractivity contribution in [3.8, 4) is 0 Å². The highest BCUT2D eigenvalue weighted by atomic mass is 16.1. The molecule has 0 heterocycles. The fourth-order valence-corrected chi connectivity index (χ4v) is 5.61. The van der Waals surface area contributed by atoms with Crippen LogP contribution < -0.4 is 0 Å². The molecule has 132 valence electrons. The van der Waals surface area contributed by atoms with E-state index in [9.17, 15) is 4.79 Å². The van der Waals surface area contributed by atoms with Crippen LogP contribution in [0.1, 0.15) is 73.1 Å². The molecule has 0 aliphatic heterocycles. The number of hydrogen-bond acceptors (Lipinski definition) is 1. The van der Waals surface area contributed by atoms with Gasteiger partial charge in [0.05, 0.1) is 0 Å². The van der Waals surface area contributed by atoms with Crippen molar-refractivity contribution in [3.63, 3.8) is 0 Å². The first kappa shape index (κ1) is 17.7. The van der Waals surface area contributed by atoms with Crippen molar-refractivity contribution in [3.05, 3.63) is 35.5 Å². The topological polar surface area (TPSA) is 17.1 Å². The van der Waals surface area contributed by atoms with Gasteiger partial charge in [-0.25, -0.2) is 0 Å². The van der Waals surface area contributed by atoms with Crippen LogP contribution in [-0.4, -0.2) is 5.78 Å². The quantitative estimate of drug-likeness (QED) is 0.559. The second-order valence-corrected chi connectivity index (χ2v) is 9.45. The van der Waals surface area contributed by atoms with Crippen LogP contribution in [0.25, 0.3) is 0 Å². The first-order chi connectivity index (χ1) is 11.3. The minimum Gasteiger partial charge on any atom is -0.295 e. The molecule has 1 fully saturated rings. The molecule has 3 aliphatic rings. The SMILES string of the molecule is CC/C=C/C(=O)C1CCCC2=CC3=CC(C)(C)CCC3C(C)(C)C21. The lowest BCUT2D eigenvalue weighted by Crippen LogP contribution is -2.46. The molecule has 0 amide bonds. The summed E-state index contributed by atoms with van der Waals surface area (Å²) in [6, 6.07) is 0. The van der Waals surface area contributed by atoms with Crippen LogP contribution in [0, 0.1) is 28.6 Å². The molecule has 3 rings (SSSR count). The van der Waals surface area contributed by atoms with E-state index in [1.165, 1.54) is 19.3 Å². The smallest absolute Gasteiger partial charge is 0.159 e. The van der Waals surface area contributed by atoms with Crippen molar-refractivity contribution in [2.45, 2.75) is 73.1 Å². The van der Waals surface area contributed by atoms with E-state index in [0.29, 0.717) is 23.0 Å². The first-order valence-corrected chi connectivity index (χ1v) is 9.90. The Balaban J connectivity index is 2.00. The van der Waals surface area contributed by atoms with Crippen molar-refractivity contribution in [1.82, 2.24) is 0 Å². The maximum Gasteiger partial charge on any atom is 0.159 e. The van der Waals surface area contributed by atoms with Gasteiger partial charge in [-0.05, 0) is 72.8 Å². The number of carbonyl (C=O) groups excluding carboxylic acids is 1. The summed E-state index contributed by atoms with van der Waals surface area (Å²) in [4.78, 5) is 12.8. The zero-order valence-electron chi connectivity index (χ0n) is 16.2. The summed E-state index contributed by atoms with van der Waals surface area (Å²) in [6.45, 7) is 11.7. The fraction of sp³-hybridized carbons (Fsp3) is 0.696. The molecule has 0 aromatic rings. The van der Waals surface area contributed by atoms with Crippen LogP contribution in [0.2, 0.25) is 0 Å². The van der Waals surface area contributed by atoms with Crippen LogP contribution in [0.3, 0.4) is 0 Å². The van der Waals surface area contributed by atoms with Crippen LogP contribution >= 0.6 is 0 Å². The molecular weight excluding hydrogens is 292 g/mol. The largest absolute Gasteiger partial charge is 0.295 e. The Kier molecular flexibility index (Phi) is 4.66. The molecule has 3 atom stereocenters. The molecule has 24 heavy (non-hydrogen) atoms. The van der Waals surface area contributed by atoms with E-state index in [0.717, 1.165) is 19.3 Å². The Bertz CT molecular complexity index is 600. The van der Waals surface area contributed by atoms with E-state index < -0.39 is 0 Å². The number of fused-ring (bicyclic) bond motifs is 2. The highest BCUT2D eigenvalue weighted by Gasteiger charge is 2.50. The zero-order valence-corrected chi connectivity index (χ0v) is 16.2. The van der Waals surface area contributed by atoms with Gasteiger partial charge in [-0.3, -0.25) is 4.79 Å². The highest BCUT2D eigenvalue weighted by molar-refractivity contribution is 5.92. The van der Waals surface area contributed by atoms with E-state index in [-0.39, 0.29) is 11.3 Å². The molecule has 1 nitrogen and oxygen atoms in total. The van der Waals surface area contributed by atoms with Crippen molar-refractivity contribution in [2.75, 3.05) is 0 Å². The number of allylic oxidation sites excluding steroid dienone is 6. The van der Waals surface area contributed by atoms with Gasteiger partial charge in [0, 0.05) is 5.92 Å². The Hall–Kier alpha value is -1.11. The van der Waals surface area contributed by atoms with Gasteiger partial charge in [0.15, 0.2) is 5.78 Å². The maximum absolute atomic E-state index is 12.8. The lowest BCUT2D eigenvalue weighted by atomic mass is 9.51. The van der Waals surface area contributed by atoms with Gasteiger partial charge in [-0.1, -0.05) is 58.4 Å². The Morgan fingerprint density at radius 1 is 1.25 bits per heavy atom. The molecule has 0 saturated heterocycles. The highest BCUT2D eigenvalue weighted by Crippen LogP contribution is 2.58. The molecule has 1 heteroatoms. The molecule has 0 bridgehead atoms. The third kappa shape index (κ3) is 3.07. The Labute approximate surface area is 148 Å². The summed E-state index contributed by atoms with van der Waals surface area (Å²) in [6.07, 6.45) is 15.8. The second-order valence-electron chi connectivity index (χ2n) is 9.45. The lowest BCUT2D eigenvalue weighted by molar-refractivity contribution is -0.122. The normalized spacial score (nSPS) is 34.1. The van der Waals surface area contributed by atoms with Crippen molar-refractivity contribution < 1.29 is 4.79 Å². The van der Waals surface area contributed by atoms with Crippen LogP contribution in [0.15, 0.2) is 35.5 Å². The Morgan fingerprint density at radius 2 is 2.00 bits per heavy atom. The van der Waals surface area contributed by atoms with Crippen LogP contribution in [-0.2, 0) is 4.79 Å². The van der Waals surface area contributed by atoms with Crippen molar-refractivity contribution in [2.24, 2.45) is 28.6 Å². The van der Waals surface area contributed by atoms with E-state index in [1.807, 2.05) is 12.2 Å². The minimum absolute atomic E-state index is 0.188. The molecule has 3 unspecified atom stereocenters. The minimum atomic E-state index is 0.188. The third-order valence-corrected chi connectivity index (χ3v) is 6.75. The predicted octanol–water partition coefficient (Wildman–Crippen LogP) is 6.27. The molecule has 3 aliphatic carbocycles. The number of rotatable bonds is 3. The second kappa shape index (κ2) is 6.32. The summed E-state index contributed by atoms with van der Waals surface area (Å²) in [7, 11) is 0. The molecule has 0 aromatic heterocycles. The summed E-state index contributed by atoms with van der Waals surface area (Å²) >= 11 is 0. The molecule has 0 N–H and O–H groups in total. The van der Waals surface area contributed by atoms with Crippen molar-refractivity contribution >= 4 is 5.78 Å². The van der Waals surface area contributed by atoms with Crippen LogP contribution in [0.4, 0.5) is 0 Å². The molecule has 0 aromatic carbocycles. The van der Waals surface area contributed by atoms with E-state index in [4.69, 9.17) is 0 Å². The zero-order chi connectivity index (χ0) is 17.5. The van der Waals surface area contributed by atoms with Gasteiger partial charge in [0.2, 0.25) is 0 Å². The fourth-order valence-electron chi connectivity index (χ4n) is 5.61. The maximum atomic E-state index is 12.8. The Morgan fingerprint density at radius 3 is 2.71 bits per heavy atom. The van der Waals surface area contributed by atoms with E-state index in [2.05, 4.69) is 46.8 Å². The lowest BCUT2D eigenvalue weighted by Gasteiger charge is -2.53. The average molecular weight is 327 g/mol. The van der Waals surface area contributed by atoms with Gasteiger partial charge in [-0.2, -0.15) is 0 Å². The molecule has 1 saturated carbocycles. The van der Waals surface area contributed by atoms with Gasteiger partial charge < -0.3 is 0 Å². The monoisotopic (exact) mass is 326 g/mol. The number of ketones is 1. The number of hydrogen-bond donors (Lipinski definition) is 0. The summed E-state index contributed by atoms with van der Waals surface area (Å²) in [5.74, 6) is 1.61. The van der Waals surface area contributed by atoms with E-state index in [1.54, 1.807) is 11.1 Å². The van der Waals surface area contributed by atoms with E-state index >= 15 is 0 Å². The number of carbonyl (C=O) groups is 1.